The molecule has 0 aliphatic heterocycles. The number of benzene rings is 3. The lowest BCUT2D eigenvalue weighted by Crippen LogP contribution is -2.41. The van der Waals surface area contributed by atoms with Gasteiger partial charge in [0, 0.05) is 6.07 Å². The first-order valence-corrected chi connectivity index (χ1v) is 12.2. The van der Waals surface area contributed by atoms with Crippen molar-refractivity contribution in [3.05, 3.63) is 89.0 Å². The van der Waals surface area contributed by atoms with Crippen molar-refractivity contribution in [2.75, 3.05) is 18.0 Å². The Bertz CT molecular complexity index is 1240. The molecule has 1 atom stereocenters. The van der Waals surface area contributed by atoms with Gasteiger partial charge >= 0.3 is 0 Å². The van der Waals surface area contributed by atoms with Gasteiger partial charge in [-0.25, -0.2) is 8.42 Å². The van der Waals surface area contributed by atoms with Crippen molar-refractivity contribution >= 4 is 21.6 Å². The minimum Gasteiger partial charge on any atom is -0.497 e. The Morgan fingerprint density at radius 2 is 1.61 bits per heavy atom. The number of anilines is 1. The van der Waals surface area contributed by atoms with E-state index in [4.69, 9.17) is 4.74 Å². The largest absolute Gasteiger partial charge is 0.497 e. The zero-order valence-electron chi connectivity index (χ0n) is 19.6. The highest BCUT2D eigenvalue weighted by Crippen LogP contribution is 2.27. The second-order valence-corrected chi connectivity index (χ2v) is 9.97. The van der Waals surface area contributed by atoms with Crippen LogP contribution in [-0.2, 0) is 14.8 Å². The second kappa shape index (κ2) is 10.1. The highest BCUT2D eigenvalue weighted by Gasteiger charge is 2.28. The lowest BCUT2D eigenvalue weighted by molar-refractivity contribution is -0.120. The summed E-state index contributed by atoms with van der Waals surface area (Å²) in [6.45, 7) is 7.63. The summed E-state index contributed by atoms with van der Waals surface area (Å²) in [5, 5.41) is 2.96. The third-order valence-corrected chi connectivity index (χ3v) is 7.47. The van der Waals surface area contributed by atoms with Crippen molar-refractivity contribution in [2.45, 2.75) is 38.6 Å². The first-order valence-electron chi connectivity index (χ1n) is 10.7. The molecule has 0 spiro atoms. The van der Waals surface area contributed by atoms with E-state index in [2.05, 4.69) is 24.4 Å². The molecular formula is C26H30N2O4S. The van der Waals surface area contributed by atoms with E-state index < -0.39 is 15.9 Å². The maximum Gasteiger partial charge on any atom is 0.264 e. The quantitative estimate of drug-likeness (QED) is 0.522. The number of nitrogens with one attached hydrogen (secondary N) is 1. The third-order valence-electron chi connectivity index (χ3n) is 5.69. The Hall–Kier alpha value is -3.32. The molecule has 0 bridgehead atoms. The van der Waals surface area contributed by atoms with Crippen LogP contribution in [0.1, 0.15) is 35.2 Å². The van der Waals surface area contributed by atoms with Gasteiger partial charge in [-0.05, 0) is 74.2 Å². The SMILES string of the molecule is COc1cccc(N(CC(=O)NC(C)c2cc(C)c(C)cc2C)S(=O)(=O)c2ccccc2)c1. The zero-order valence-corrected chi connectivity index (χ0v) is 20.4. The van der Waals surface area contributed by atoms with Gasteiger partial charge in [-0.15, -0.1) is 0 Å². The van der Waals surface area contributed by atoms with Gasteiger partial charge in [0.25, 0.3) is 10.0 Å². The van der Waals surface area contributed by atoms with Gasteiger partial charge in [0.15, 0.2) is 0 Å². The molecule has 174 valence electrons. The molecule has 1 unspecified atom stereocenters. The minimum atomic E-state index is -3.98. The fourth-order valence-corrected chi connectivity index (χ4v) is 5.18. The first-order chi connectivity index (χ1) is 15.6. The van der Waals surface area contributed by atoms with Crippen LogP contribution in [0.5, 0.6) is 5.75 Å². The third kappa shape index (κ3) is 5.54. The maximum atomic E-state index is 13.5. The molecule has 3 aromatic carbocycles. The Balaban J connectivity index is 1.92. The van der Waals surface area contributed by atoms with Crippen molar-refractivity contribution in [1.82, 2.24) is 5.32 Å². The predicted octanol–water partition coefficient (Wildman–Crippen LogP) is 4.69. The molecule has 1 N–H and O–H groups in total. The van der Waals surface area contributed by atoms with Gasteiger partial charge < -0.3 is 10.1 Å². The van der Waals surface area contributed by atoms with Crippen molar-refractivity contribution in [1.29, 1.82) is 0 Å². The van der Waals surface area contributed by atoms with Gasteiger partial charge in [-0.2, -0.15) is 0 Å². The lowest BCUT2D eigenvalue weighted by Gasteiger charge is -2.26. The summed E-state index contributed by atoms with van der Waals surface area (Å²) in [4.78, 5) is 13.2. The number of nitrogens with zero attached hydrogens (tertiary/aromatic N) is 1. The number of carbonyl (C=O) groups excluding carboxylic acids is 1. The standard InChI is InChI=1S/C26H30N2O4S/c1-18-14-20(3)25(15-19(18)2)21(4)27-26(29)17-28(22-10-9-11-23(16-22)32-5)33(30,31)24-12-7-6-8-13-24/h6-16,21H,17H2,1-5H3,(H,27,29). The Labute approximate surface area is 196 Å². The van der Waals surface area contributed by atoms with E-state index in [0.717, 1.165) is 21.0 Å². The van der Waals surface area contributed by atoms with E-state index >= 15 is 0 Å². The molecule has 0 fully saturated rings. The average Bonchev–Trinajstić information content (AvgIpc) is 2.80. The fraction of sp³-hybridized carbons (Fsp3) is 0.269. The van der Waals surface area contributed by atoms with Gasteiger partial charge in [-0.1, -0.05) is 36.4 Å². The molecular weight excluding hydrogens is 436 g/mol. The summed E-state index contributed by atoms with van der Waals surface area (Å²) in [6, 6.07) is 18.6. The molecule has 3 rings (SSSR count). The summed E-state index contributed by atoms with van der Waals surface area (Å²) in [5.41, 5.74) is 4.76. The first kappa shape index (κ1) is 24.3. The highest BCUT2D eigenvalue weighted by atomic mass is 32.2. The summed E-state index contributed by atoms with van der Waals surface area (Å²) in [6.07, 6.45) is 0. The van der Waals surface area contributed by atoms with Crippen LogP contribution in [0.15, 0.2) is 71.6 Å². The molecule has 3 aromatic rings. The number of rotatable bonds is 8. The predicted molar refractivity (Wildman–Crippen MR) is 131 cm³/mol. The molecule has 33 heavy (non-hydrogen) atoms. The van der Waals surface area contributed by atoms with Crippen LogP contribution < -0.4 is 14.4 Å². The summed E-state index contributed by atoms with van der Waals surface area (Å²) >= 11 is 0. The van der Waals surface area contributed by atoms with Crippen molar-refractivity contribution in [3.63, 3.8) is 0 Å². The second-order valence-electron chi connectivity index (χ2n) is 8.11. The van der Waals surface area contributed by atoms with Gasteiger partial charge in [0.1, 0.15) is 12.3 Å². The van der Waals surface area contributed by atoms with Crippen LogP contribution in [0.4, 0.5) is 5.69 Å². The molecule has 7 heteroatoms. The minimum absolute atomic E-state index is 0.110. The molecule has 0 saturated carbocycles. The van der Waals surface area contributed by atoms with Crippen LogP contribution in [0.3, 0.4) is 0 Å². The Kier molecular flexibility index (Phi) is 7.43. The van der Waals surface area contributed by atoms with Gasteiger partial charge in [0.05, 0.1) is 23.7 Å². The lowest BCUT2D eigenvalue weighted by atomic mass is 9.96. The van der Waals surface area contributed by atoms with E-state index in [0.29, 0.717) is 11.4 Å². The number of carbonyl (C=O) groups is 1. The summed E-state index contributed by atoms with van der Waals surface area (Å²) in [7, 11) is -2.47. The zero-order chi connectivity index (χ0) is 24.2. The number of ether oxygens (including phenoxy) is 1. The number of aryl methyl sites for hydroxylation is 3. The smallest absolute Gasteiger partial charge is 0.264 e. The number of hydrogen-bond acceptors (Lipinski definition) is 4. The van der Waals surface area contributed by atoms with Crippen LogP contribution >= 0.6 is 0 Å². The van der Waals surface area contributed by atoms with E-state index in [-0.39, 0.29) is 17.5 Å². The maximum absolute atomic E-state index is 13.5. The van der Waals surface area contributed by atoms with E-state index in [1.165, 1.54) is 24.8 Å². The van der Waals surface area contributed by atoms with Gasteiger partial charge in [-0.3, -0.25) is 9.10 Å². The normalized spacial score (nSPS) is 12.2. The average molecular weight is 467 g/mol. The Morgan fingerprint density at radius 1 is 0.939 bits per heavy atom. The molecule has 0 heterocycles. The molecule has 0 saturated heterocycles. The van der Waals surface area contributed by atoms with E-state index in [1.807, 2.05) is 20.8 Å². The van der Waals surface area contributed by atoms with Crippen molar-refractivity contribution in [2.24, 2.45) is 0 Å². The topological polar surface area (TPSA) is 75.7 Å². The summed E-state index contributed by atoms with van der Waals surface area (Å²) < 4.78 is 33.3. The van der Waals surface area contributed by atoms with Gasteiger partial charge in [0.2, 0.25) is 5.91 Å². The monoisotopic (exact) mass is 466 g/mol. The van der Waals surface area contributed by atoms with E-state index in [9.17, 15) is 13.2 Å². The van der Waals surface area contributed by atoms with Crippen LogP contribution in [0, 0.1) is 20.8 Å². The van der Waals surface area contributed by atoms with Crippen molar-refractivity contribution < 1.29 is 17.9 Å². The molecule has 0 radical (unpaired) electrons. The van der Waals surface area contributed by atoms with Crippen molar-refractivity contribution in [3.8, 4) is 5.75 Å². The highest BCUT2D eigenvalue weighted by molar-refractivity contribution is 7.92. The Morgan fingerprint density at radius 3 is 2.27 bits per heavy atom. The van der Waals surface area contributed by atoms with Crippen LogP contribution in [-0.4, -0.2) is 28.0 Å². The number of amides is 1. The molecule has 0 aliphatic rings. The molecule has 0 aromatic heterocycles. The number of hydrogen-bond donors (Lipinski definition) is 1. The molecule has 1 amide bonds. The van der Waals surface area contributed by atoms with Crippen LogP contribution in [0.25, 0.3) is 0 Å². The molecule has 0 aliphatic carbocycles. The number of methoxy groups -OCH3 is 1. The van der Waals surface area contributed by atoms with E-state index in [1.54, 1.807) is 42.5 Å². The number of sulfonamides is 1. The van der Waals surface area contributed by atoms with Crippen LogP contribution in [0.2, 0.25) is 0 Å². The summed E-state index contributed by atoms with van der Waals surface area (Å²) in [5.74, 6) is 0.0998. The fourth-order valence-electron chi connectivity index (χ4n) is 3.75. The molecule has 6 nitrogen and oxygen atoms in total.